The smallest absolute Gasteiger partial charge is 0.251 e. The topological polar surface area (TPSA) is 38.7 Å². The summed E-state index contributed by atoms with van der Waals surface area (Å²) in [6.07, 6.45) is -3.25. The molecule has 0 spiro atoms. The number of pyridine rings is 1. The van der Waals surface area contributed by atoms with Crippen molar-refractivity contribution in [2.75, 3.05) is 0 Å². The molecule has 18 heavy (non-hydrogen) atoms. The van der Waals surface area contributed by atoms with Crippen molar-refractivity contribution in [2.45, 2.75) is 20.0 Å². The highest BCUT2D eigenvalue weighted by Gasteiger charge is 2.32. The third-order valence-electron chi connectivity index (χ3n) is 2.32. The lowest BCUT2D eigenvalue weighted by Crippen LogP contribution is -2.07. The zero-order chi connectivity index (χ0) is 13.3. The van der Waals surface area contributed by atoms with Crippen LogP contribution in [0.15, 0.2) is 24.4 Å². The Kier molecular flexibility index (Phi) is 3.02. The summed E-state index contributed by atoms with van der Waals surface area (Å²) in [7, 11) is 0. The van der Waals surface area contributed by atoms with E-state index in [0.29, 0.717) is 17.1 Å². The quantitative estimate of drug-likeness (QED) is 0.783. The van der Waals surface area contributed by atoms with E-state index in [9.17, 15) is 13.2 Å². The summed E-state index contributed by atoms with van der Waals surface area (Å²) < 4.78 is 37.1. The maximum atomic E-state index is 12.4. The molecule has 0 aliphatic rings. The van der Waals surface area contributed by atoms with Crippen LogP contribution in [-0.4, -0.2) is 15.0 Å². The first kappa shape index (κ1) is 12.5. The molecule has 2 aromatic heterocycles. The van der Waals surface area contributed by atoms with E-state index in [0.717, 1.165) is 11.8 Å². The molecule has 2 heterocycles. The summed E-state index contributed by atoms with van der Waals surface area (Å²) in [6.45, 7) is 3.53. The number of hydrogen-bond acceptors (Lipinski definition) is 3. The summed E-state index contributed by atoms with van der Waals surface area (Å²) in [5, 5.41) is 0. The Morgan fingerprint density at radius 3 is 2.28 bits per heavy atom. The third kappa shape index (κ3) is 2.64. The number of halogens is 3. The number of hydrogen-bond donors (Lipinski definition) is 0. The lowest BCUT2D eigenvalue weighted by atomic mass is 10.1. The number of rotatable bonds is 1. The molecule has 0 atom stereocenters. The molecule has 0 aromatic carbocycles. The van der Waals surface area contributed by atoms with E-state index in [2.05, 4.69) is 15.0 Å². The molecule has 2 aromatic rings. The van der Waals surface area contributed by atoms with E-state index in [1.54, 1.807) is 19.9 Å². The Morgan fingerprint density at radius 1 is 1.06 bits per heavy atom. The van der Waals surface area contributed by atoms with Gasteiger partial charge in [0.2, 0.25) is 0 Å². The molecule has 0 aliphatic heterocycles. The van der Waals surface area contributed by atoms with E-state index in [4.69, 9.17) is 0 Å². The second-order valence-corrected chi connectivity index (χ2v) is 3.87. The van der Waals surface area contributed by atoms with Gasteiger partial charge in [0.1, 0.15) is 11.5 Å². The Hall–Kier alpha value is -1.98. The van der Waals surface area contributed by atoms with Crippen LogP contribution in [0.4, 0.5) is 13.2 Å². The monoisotopic (exact) mass is 253 g/mol. The number of aryl methyl sites for hydroxylation is 2. The van der Waals surface area contributed by atoms with E-state index < -0.39 is 11.9 Å². The van der Waals surface area contributed by atoms with Crippen molar-refractivity contribution < 1.29 is 13.2 Å². The number of nitrogens with zero attached hydrogens (tertiary/aromatic N) is 3. The van der Waals surface area contributed by atoms with Gasteiger partial charge < -0.3 is 0 Å². The van der Waals surface area contributed by atoms with Crippen molar-refractivity contribution in [1.29, 1.82) is 0 Å². The second-order valence-electron chi connectivity index (χ2n) is 3.87. The molecule has 0 fully saturated rings. The van der Waals surface area contributed by atoms with Crippen molar-refractivity contribution >= 4 is 0 Å². The molecule has 3 nitrogen and oxygen atoms in total. The number of aromatic nitrogens is 3. The molecule has 94 valence electrons. The van der Waals surface area contributed by atoms with Crippen LogP contribution in [0.2, 0.25) is 0 Å². The van der Waals surface area contributed by atoms with Crippen LogP contribution >= 0.6 is 0 Å². The minimum Gasteiger partial charge on any atom is -0.251 e. The molecule has 0 aliphatic carbocycles. The SMILES string of the molecule is Cc1cc(-c2ccc(C(F)(F)F)nc2)nc(C)n1. The van der Waals surface area contributed by atoms with E-state index >= 15 is 0 Å². The summed E-state index contributed by atoms with van der Waals surface area (Å²) in [4.78, 5) is 11.7. The average Bonchev–Trinajstić information content (AvgIpc) is 2.27. The van der Waals surface area contributed by atoms with E-state index in [-0.39, 0.29) is 0 Å². The van der Waals surface area contributed by atoms with Crippen LogP contribution in [0.3, 0.4) is 0 Å². The minimum absolute atomic E-state index is 0.539. The molecule has 6 heteroatoms. The first-order valence-electron chi connectivity index (χ1n) is 5.22. The molecule has 0 amide bonds. The van der Waals surface area contributed by atoms with Gasteiger partial charge in [0, 0.05) is 17.5 Å². The maximum absolute atomic E-state index is 12.4. The summed E-state index contributed by atoms with van der Waals surface area (Å²) in [5.41, 5.74) is 0.962. The lowest BCUT2D eigenvalue weighted by molar-refractivity contribution is -0.141. The predicted octanol–water partition coefficient (Wildman–Crippen LogP) is 3.17. The van der Waals surface area contributed by atoms with Gasteiger partial charge in [0.25, 0.3) is 0 Å². The van der Waals surface area contributed by atoms with E-state index in [1.807, 2.05) is 0 Å². The third-order valence-corrected chi connectivity index (χ3v) is 2.32. The summed E-state index contributed by atoms with van der Waals surface area (Å²) >= 11 is 0. The Morgan fingerprint density at radius 2 is 1.78 bits per heavy atom. The average molecular weight is 253 g/mol. The molecule has 0 radical (unpaired) electrons. The van der Waals surface area contributed by atoms with Gasteiger partial charge >= 0.3 is 6.18 Å². The van der Waals surface area contributed by atoms with Crippen molar-refractivity contribution in [1.82, 2.24) is 15.0 Å². The number of alkyl halides is 3. The first-order valence-corrected chi connectivity index (χ1v) is 5.22. The maximum Gasteiger partial charge on any atom is 0.433 e. The fourth-order valence-corrected chi connectivity index (χ4v) is 1.58. The van der Waals surface area contributed by atoms with Crippen LogP contribution in [0.1, 0.15) is 17.2 Å². The van der Waals surface area contributed by atoms with Gasteiger partial charge in [-0.15, -0.1) is 0 Å². The Labute approximate surface area is 102 Å². The van der Waals surface area contributed by atoms with Crippen LogP contribution in [-0.2, 0) is 6.18 Å². The van der Waals surface area contributed by atoms with Gasteiger partial charge in [-0.05, 0) is 32.0 Å². The fraction of sp³-hybridized carbons (Fsp3) is 0.250. The molecule has 0 unspecified atom stereocenters. The highest BCUT2D eigenvalue weighted by atomic mass is 19.4. The summed E-state index contributed by atoms with van der Waals surface area (Å²) in [5.74, 6) is 0.574. The molecular formula is C12H10F3N3. The molecule has 0 N–H and O–H groups in total. The minimum atomic E-state index is -4.42. The largest absolute Gasteiger partial charge is 0.433 e. The second kappa shape index (κ2) is 4.36. The molecule has 0 saturated carbocycles. The molecule has 2 rings (SSSR count). The highest BCUT2D eigenvalue weighted by Crippen LogP contribution is 2.28. The molecule has 0 bridgehead atoms. The zero-order valence-electron chi connectivity index (χ0n) is 9.78. The van der Waals surface area contributed by atoms with Gasteiger partial charge in [-0.2, -0.15) is 13.2 Å². The Balaban J connectivity index is 2.40. The van der Waals surface area contributed by atoms with Crippen LogP contribution in [0.25, 0.3) is 11.3 Å². The Bertz CT molecular complexity index is 542. The van der Waals surface area contributed by atoms with Gasteiger partial charge in [-0.1, -0.05) is 0 Å². The predicted molar refractivity (Wildman–Crippen MR) is 59.7 cm³/mol. The van der Waals surface area contributed by atoms with Crippen LogP contribution < -0.4 is 0 Å². The van der Waals surface area contributed by atoms with Gasteiger partial charge in [0.05, 0.1) is 5.69 Å². The van der Waals surface area contributed by atoms with Crippen molar-refractivity contribution in [3.8, 4) is 11.3 Å². The van der Waals surface area contributed by atoms with Crippen LogP contribution in [0, 0.1) is 13.8 Å². The molecular weight excluding hydrogens is 243 g/mol. The first-order chi connectivity index (χ1) is 8.36. The zero-order valence-corrected chi connectivity index (χ0v) is 9.78. The van der Waals surface area contributed by atoms with Gasteiger partial charge in [0.15, 0.2) is 0 Å². The highest BCUT2D eigenvalue weighted by molar-refractivity contribution is 5.58. The van der Waals surface area contributed by atoms with Gasteiger partial charge in [-0.25, -0.2) is 9.97 Å². The van der Waals surface area contributed by atoms with Crippen LogP contribution in [0.5, 0.6) is 0 Å². The molecule has 0 saturated heterocycles. The van der Waals surface area contributed by atoms with Crippen molar-refractivity contribution in [3.05, 3.63) is 41.6 Å². The van der Waals surface area contributed by atoms with Crippen molar-refractivity contribution in [3.63, 3.8) is 0 Å². The normalized spacial score (nSPS) is 11.6. The fourth-order valence-electron chi connectivity index (χ4n) is 1.58. The summed E-state index contributed by atoms with van der Waals surface area (Å²) in [6, 6.07) is 4.01. The lowest BCUT2D eigenvalue weighted by Gasteiger charge is -2.07. The van der Waals surface area contributed by atoms with Crippen molar-refractivity contribution in [2.24, 2.45) is 0 Å². The van der Waals surface area contributed by atoms with E-state index in [1.165, 1.54) is 12.3 Å². The standard InChI is InChI=1S/C12H10F3N3/c1-7-5-10(18-8(2)17-7)9-3-4-11(16-6-9)12(13,14)15/h3-6H,1-2H3. The van der Waals surface area contributed by atoms with Gasteiger partial charge in [-0.3, -0.25) is 4.98 Å².